The van der Waals surface area contributed by atoms with Crippen LogP contribution in [0.2, 0.25) is 5.02 Å². The van der Waals surface area contributed by atoms with Crippen molar-refractivity contribution in [3.05, 3.63) is 64.7 Å². The number of urea groups is 1. The molecule has 1 heterocycles. The molecule has 27 heavy (non-hydrogen) atoms. The van der Waals surface area contributed by atoms with Crippen LogP contribution in [0.5, 0.6) is 5.75 Å². The molecule has 7 heteroatoms. The Labute approximate surface area is 162 Å². The Balaban J connectivity index is 1.65. The monoisotopic (exact) mass is 388 g/mol. The van der Waals surface area contributed by atoms with E-state index in [2.05, 4.69) is 5.32 Å². The third-order valence-corrected chi connectivity index (χ3v) is 4.77. The maximum absolute atomic E-state index is 12.8. The Morgan fingerprint density at radius 2 is 1.93 bits per heavy atom. The summed E-state index contributed by atoms with van der Waals surface area (Å²) in [5.41, 5.74) is 0.465. The van der Waals surface area contributed by atoms with E-state index in [9.17, 15) is 14.7 Å². The number of aliphatic hydroxyl groups excluding tert-OH is 1. The van der Waals surface area contributed by atoms with Gasteiger partial charge in [-0.2, -0.15) is 0 Å². The number of imide groups is 1. The molecular weight excluding hydrogens is 368 g/mol. The molecule has 3 amide bonds. The highest BCUT2D eigenvalue weighted by Gasteiger charge is 2.49. The molecule has 2 aromatic carbocycles. The molecule has 2 unspecified atom stereocenters. The predicted molar refractivity (Wildman–Crippen MR) is 102 cm³/mol. The third kappa shape index (κ3) is 4.07. The van der Waals surface area contributed by atoms with Gasteiger partial charge in [0.05, 0.1) is 6.54 Å². The van der Waals surface area contributed by atoms with Crippen LogP contribution >= 0.6 is 11.6 Å². The lowest BCUT2D eigenvalue weighted by molar-refractivity contribution is -0.132. The summed E-state index contributed by atoms with van der Waals surface area (Å²) in [5, 5.41) is 13.5. The number of carbonyl (C=O) groups excluding carboxylic acids is 2. The molecule has 0 aromatic heterocycles. The first kappa shape index (κ1) is 19.2. The van der Waals surface area contributed by atoms with Gasteiger partial charge in [0.2, 0.25) is 0 Å². The molecule has 3 rings (SSSR count). The van der Waals surface area contributed by atoms with Gasteiger partial charge < -0.3 is 15.2 Å². The molecule has 1 aliphatic heterocycles. The minimum atomic E-state index is -1.20. The fourth-order valence-corrected chi connectivity index (χ4v) is 3.13. The van der Waals surface area contributed by atoms with Gasteiger partial charge in [0.15, 0.2) is 0 Å². The highest BCUT2D eigenvalue weighted by molar-refractivity contribution is 6.30. The molecule has 0 spiro atoms. The van der Waals surface area contributed by atoms with Gasteiger partial charge in [-0.15, -0.1) is 0 Å². The van der Waals surface area contributed by atoms with Gasteiger partial charge in [0, 0.05) is 5.02 Å². The van der Waals surface area contributed by atoms with Crippen molar-refractivity contribution in [2.75, 3.05) is 13.2 Å². The molecule has 0 bridgehead atoms. The van der Waals surface area contributed by atoms with E-state index in [-0.39, 0.29) is 13.2 Å². The van der Waals surface area contributed by atoms with E-state index < -0.39 is 23.6 Å². The molecule has 2 N–H and O–H groups in total. The van der Waals surface area contributed by atoms with Gasteiger partial charge in [0.25, 0.3) is 5.91 Å². The highest BCUT2D eigenvalue weighted by atomic mass is 35.5. The first-order valence-electron chi connectivity index (χ1n) is 8.57. The number of aryl methyl sites for hydroxylation is 1. The van der Waals surface area contributed by atoms with Gasteiger partial charge >= 0.3 is 6.03 Å². The molecule has 0 aliphatic carbocycles. The zero-order chi connectivity index (χ0) is 19.6. The van der Waals surface area contributed by atoms with Crippen molar-refractivity contribution in [3.63, 3.8) is 0 Å². The number of halogens is 1. The number of benzene rings is 2. The van der Waals surface area contributed by atoms with Crippen molar-refractivity contribution in [1.29, 1.82) is 0 Å². The predicted octanol–water partition coefficient (Wildman–Crippen LogP) is 2.86. The summed E-state index contributed by atoms with van der Waals surface area (Å²) in [6.07, 6.45) is -1.01. The normalized spacial score (nSPS) is 20.5. The standard InChI is InChI=1S/C20H21ClN2O4/c1-13-4-3-5-17(10-13)27-12-16(24)11-23-18(25)20(2,22-19(23)26)14-6-8-15(21)9-7-14/h3-10,16,24H,11-12H2,1-2H3,(H,22,26). The van der Waals surface area contributed by atoms with Crippen LogP contribution < -0.4 is 10.1 Å². The van der Waals surface area contributed by atoms with Crippen molar-refractivity contribution in [2.24, 2.45) is 0 Å². The molecule has 6 nitrogen and oxygen atoms in total. The van der Waals surface area contributed by atoms with E-state index in [0.29, 0.717) is 16.3 Å². The Bertz CT molecular complexity index is 855. The Hall–Kier alpha value is -2.57. The van der Waals surface area contributed by atoms with Crippen LogP contribution in [0.4, 0.5) is 4.79 Å². The molecule has 0 radical (unpaired) electrons. The second-order valence-corrected chi connectivity index (χ2v) is 7.20. The smallest absolute Gasteiger partial charge is 0.325 e. The van der Waals surface area contributed by atoms with E-state index in [0.717, 1.165) is 10.5 Å². The molecular formula is C20H21ClN2O4. The fraction of sp³-hybridized carbons (Fsp3) is 0.300. The SMILES string of the molecule is Cc1cccc(OCC(O)CN2C(=O)NC(C)(c3ccc(Cl)cc3)C2=O)c1. The number of hydrogen-bond donors (Lipinski definition) is 2. The Morgan fingerprint density at radius 1 is 1.22 bits per heavy atom. The van der Waals surface area contributed by atoms with Crippen LogP contribution in [-0.4, -0.2) is 41.2 Å². The van der Waals surface area contributed by atoms with Gasteiger partial charge in [-0.3, -0.25) is 9.69 Å². The second-order valence-electron chi connectivity index (χ2n) is 6.76. The molecule has 142 valence electrons. The van der Waals surface area contributed by atoms with Gasteiger partial charge in [-0.1, -0.05) is 35.9 Å². The second kappa shape index (κ2) is 7.58. The molecule has 2 aromatic rings. The number of ether oxygens (including phenoxy) is 1. The van der Waals surface area contributed by atoms with Crippen LogP contribution in [0.3, 0.4) is 0 Å². The van der Waals surface area contributed by atoms with Crippen molar-refractivity contribution in [2.45, 2.75) is 25.5 Å². The lowest BCUT2D eigenvalue weighted by Crippen LogP contribution is -2.42. The summed E-state index contributed by atoms with van der Waals surface area (Å²) in [4.78, 5) is 26.2. The topological polar surface area (TPSA) is 78.9 Å². The summed E-state index contributed by atoms with van der Waals surface area (Å²) in [6, 6.07) is 13.6. The number of amides is 3. The van der Waals surface area contributed by atoms with Crippen molar-refractivity contribution in [3.8, 4) is 5.75 Å². The largest absolute Gasteiger partial charge is 0.491 e. The van der Waals surface area contributed by atoms with Crippen LogP contribution in [0.25, 0.3) is 0 Å². The zero-order valence-corrected chi connectivity index (χ0v) is 15.9. The number of hydrogen-bond acceptors (Lipinski definition) is 4. The molecule has 0 saturated carbocycles. The minimum Gasteiger partial charge on any atom is -0.491 e. The van der Waals surface area contributed by atoms with Gasteiger partial charge in [0.1, 0.15) is 24.0 Å². The molecule has 1 fully saturated rings. The van der Waals surface area contributed by atoms with Gasteiger partial charge in [-0.25, -0.2) is 4.79 Å². The van der Waals surface area contributed by atoms with Gasteiger partial charge in [-0.05, 0) is 49.2 Å². The quantitative estimate of drug-likeness (QED) is 0.746. The number of nitrogens with one attached hydrogen (secondary N) is 1. The summed E-state index contributed by atoms with van der Waals surface area (Å²) >= 11 is 5.89. The van der Waals surface area contributed by atoms with E-state index in [1.54, 1.807) is 37.3 Å². The summed E-state index contributed by atoms with van der Waals surface area (Å²) < 4.78 is 5.54. The van der Waals surface area contributed by atoms with E-state index >= 15 is 0 Å². The van der Waals surface area contributed by atoms with Crippen LogP contribution in [0.15, 0.2) is 48.5 Å². The molecule has 2 atom stereocenters. The number of nitrogens with zero attached hydrogens (tertiary/aromatic N) is 1. The summed E-state index contributed by atoms with van der Waals surface area (Å²) in [6.45, 7) is 3.39. The average Bonchev–Trinajstić information content (AvgIpc) is 2.85. The zero-order valence-electron chi connectivity index (χ0n) is 15.1. The van der Waals surface area contributed by atoms with E-state index in [1.165, 1.54) is 0 Å². The highest BCUT2D eigenvalue weighted by Crippen LogP contribution is 2.29. The van der Waals surface area contributed by atoms with E-state index in [1.807, 2.05) is 25.1 Å². The minimum absolute atomic E-state index is 0.0296. The maximum Gasteiger partial charge on any atom is 0.325 e. The fourth-order valence-electron chi connectivity index (χ4n) is 3.00. The first-order chi connectivity index (χ1) is 12.8. The maximum atomic E-state index is 12.8. The molecule has 1 aliphatic rings. The first-order valence-corrected chi connectivity index (χ1v) is 8.95. The van der Waals surface area contributed by atoms with Crippen molar-refractivity contribution >= 4 is 23.5 Å². The van der Waals surface area contributed by atoms with Crippen LogP contribution in [0, 0.1) is 6.92 Å². The lowest BCUT2D eigenvalue weighted by Gasteiger charge is -2.23. The Kier molecular flexibility index (Phi) is 5.39. The number of β-amino-alcohol motifs (C(OH)–C–C–N with tert-alkyl or cyclic N) is 1. The third-order valence-electron chi connectivity index (χ3n) is 4.52. The Morgan fingerprint density at radius 3 is 2.59 bits per heavy atom. The number of rotatable bonds is 6. The van der Waals surface area contributed by atoms with Crippen molar-refractivity contribution < 1.29 is 19.4 Å². The molecule has 1 saturated heterocycles. The van der Waals surface area contributed by atoms with Crippen LogP contribution in [0.1, 0.15) is 18.1 Å². The van der Waals surface area contributed by atoms with E-state index in [4.69, 9.17) is 16.3 Å². The average molecular weight is 389 g/mol. The summed E-state index contributed by atoms with van der Waals surface area (Å²) in [5.74, 6) is 0.196. The van der Waals surface area contributed by atoms with Crippen molar-refractivity contribution in [1.82, 2.24) is 10.2 Å². The number of carbonyl (C=O) groups is 2. The number of aliphatic hydroxyl groups is 1. The lowest BCUT2D eigenvalue weighted by atomic mass is 9.92. The van der Waals surface area contributed by atoms with Crippen LogP contribution in [-0.2, 0) is 10.3 Å². The summed E-state index contributed by atoms with van der Waals surface area (Å²) in [7, 11) is 0.